The lowest BCUT2D eigenvalue weighted by Gasteiger charge is -2.30. The van der Waals surface area contributed by atoms with Gasteiger partial charge in [0.25, 0.3) is 0 Å². The highest BCUT2D eigenvalue weighted by Gasteiger charge is 2.23. The van der Waals surface area contributed by atoms with Crippen molar-refractivity contribution in [1.82, 2.24) is 10.6 Å². The molecule has 6 nitrogen and oxygen atoms in total. The summed E-state index contributed by atoms with van der Waals surface area (Å²) in [6.45, 7) is 2.59. The first-order valence-electron chi connectivity index (χ1n) is 6.74. The predicted molar refractivity (Wildman–Crippen MR) is 79.5 cm³/mol. The van der Waals surface area contributed by atoms with Crippen LogP contribution >= 0.6 is 0 Å². The SMILES string of the molecule is CNC(=O)NC(=O)C(C)N(CCCN)c1cccc(F)c1. The topological polar surface area (TPSA) is 87.5 Å². The molecular formula is C14H21FN4O2. The van der Waals surface area contributed by atoms with Crippen LogP contribution in [-0.2, 0) is 4.79 Å². The molecule has 0 heterocycles. The smallest absolute Gasteiger partial charge is 0.321 e. The number of nitrogens with two attached hydrogens (primary N) is 1. The average Bonchev–Trinajstić information content (AvgIpc) is 2.47. The van der Waals surface area contributed by atoms with Crippen molar-refractivity contribution in [1.29, 1.82) is 0 Å². The van der Waals surface area contributed by atoms with Crippen LogP contribution in [0.2, 0.25) is 0 Å². The van der Waals surface area contributed by atoms with Crippen LogP contribution in [0.4, 0.5) is 14.9 Å². The molecule has 0 aromatic heterocycles. The van der Waals surface area contributed by atoms with Crippen LogP contribution < -0.4 is 21.3 Å². The fourth-order valence-electron chi connectivity index (χ4n) is 1.88. The number of imide groups is 1. The Balaban J connectivity index is 2.90. The second-order valence-electron chi connectivity index (χ2n) is 4.56. The van der Waals surface area contributed by atoms with Gasteiger partial charge < -0.3 is 16.0 Å². The van der Waals surface area contributed by atoms with E-state index in [1.165, 1.54) is 19.2 Å². The number of anilines is 1. The van der Waals surface area contributed by atoms with Crippen molar-refractivity contribution in [2.24, 2.45) is 5.73 Å². The van der Waals surface area contributed by atoms with E-state index in [4.69, 9.17) is 5.73 Å². The third kappa shape index (κ3) is 5.03. The molecule has 0 saturated heterocycles. The number of benzene rings is 1. The third-order valence-electron chi connectivity index (χ3n) is 3.05. The molecule has 1 rings (SSSR count). The number of carbonyl (C=O) groups is 2. The van der Waals surface area contributed by atoms with Gasteiger partial charge >= 0.3 is 6.03 Å². The number of carbonyl (C=O) groups excluding carboxylic acids is 2. The number of hydrogen-bond acceptors (Lipinski definition) is 4. The second kappa shape index (κ2) is 8.21. The molecule has 1 atom stereocenters. The van der Waals surface area contributed by atoms with Gasteiger partial charge in [-0.1, -0.05) is 6.07 Å². The molecule has 0 saturated carbocycles. The van der Waals surface area contributed by atoms with Crippen molar-refractivity contribution in [2.75, 3.05) is 25.0 Å². The molecule has 4 N–H and O–H groups in total. The summed E-state index contributed by atoms with van der Waals surface area (Å²) >= 11 is 0. The Morgan fingerprint density at radius 1 is 1.43 bits per heavy atom. The monoisotopic (exact) mass is 296 g/mol. The van der Waals surface area contributed by atoms with Crippen LogP contribution in [0.5, 0.6) is 0 Å². The standard InChI is InChI=1S/C14H21FN4O2/c1-10(13(20)18-14(21)17-2)19(8-4-7-16)12-6-3-5-11(15)9-12/h3,5-6,9-10H,4,7-8,16H2,1-2H3,(H2,17,18,20,21). The molecular weight excluding hydrogens is 275 g/mol. The molecule has 1 aromatic carbocycles. The minimum absolute atomic E-state index is 0.385. The first kappa shape index (κ1) is 16.9. The van der Waals surface area contributed by atoms with E-state index in [1.807, 2.05) is 0 Å². The average molecular weight is 296 g/mol. The maximum atomic E-state index is 13.4. The normalized spacial score (nSPS) is 11.6. The number of amides is 3. The summed E-state index contributed by atoms with van der Waals surface area (Å²) in [6.07, 6.45) is 0.647. The molecule has 21 heavy (non-hydrogen) atoms. The van der Waals surface area contributed by atoms with Crippen LogP contribution in [0.1, 0.15) is 13.3 Å². The number of nitrogens with one attached hydrogen (secondary N) is 2. The molecule has 0 bridgehead atoms. The molecule has 1 unspecified atom stereocenters. The lowest BCUT2D eigenvalue weighted by molar-refractivity contribution is -0.121. The maximum Gasteiger partial charge on any atom is 0.321 e. The first-order chi connectivity index (χ1) is 9.99. The summed E-state index contributed by atoms with van der Waals surface area (Å²) in [5, 5.41) is 4.53. The minimum Gasteiger partial charge on any atom is -0.360 e. The van der Waals surface area contributed by atoms with Crippen molar-refractivity contribution in [3.8, 4) is 0 Å². The minimum atomic E-state index is -0.629. The van der Waals surface area contributed by atoms with E-state index < -0.39 is 18.0 Å². The van der Waals surface area contributed by atoms with Crippen LogP contribution in [0.3, 0.4) is 0 Å². The zero-order valence-corrected chi connectivity index (χ0v) is 12.2. The second-order valence-corrected chi connectivity index (χ2v) is 4.56. The van der Waals surface area contributed by atoms with Gasteiger partial charge in [0.2, 0.25) is 5.91 Å². The van der Waals surface area contributed by atoms with Crippen LogP contribution in [0, 0.1) is 5.82 Å². The van der Waals surface area contributed by atoms with Crippen molar-refractivity contribution in [3.63, 3.8) is 0 Å². The van der Waals surface area contributed by atoms with Gasteiger partial charge in [-0.15, -0.1) is 0 Å². The molecule has 1 aromatic rings. The van der Waals surface area contributed by atoms with Gasteiger partial charge in [-0.25, -0.2) is 9.18 Å². The molecule has 0 aliphatic carbocycles. The highest BCUT2D eigenvalue weighted by molar-refractivity contribution is 5.98. The summed E-state index contributed by atoms with van der Waals surface area (Å²) < 4.78 is 13.4. The van der Waals surface area contributed by atoms with Crippen molar-refractivity contribution < 1.29 is 14.0 Å². The molecule has 0 spiro atoms. The Kier molecular flexibility index (Phi) is 6.61. The van der Waals surface area contributed by atoms with E-state index >= 15 is 0 Å². The number of rotatable bonds is 6. The number of hydrogen-bond donors (Lipinski definition) is 3. The zero-order chi connectivity index (χ0) is 15.8. The quantitative estimate of drug-likeness (QED) is 0.725. The summed E-state index contributed by atoms with van der Waals surface area (Å²) in [5.74, 6) is -0.847. The maximum absolute atomic E-state index is 13.4. The summed E-state index contributed by atoms with van der Waals surface area (Å²) in [6, 6.07) is 4.76. The molecule has 116 valence electrons. The molecule has 0 aliphatic rings. The van der Waals surface area contributed by atoms with E-state index in [0.29, 0.717) is 25.2 Å². The van der Waals surface area contributed by atoms with Crippen LogP contribution in [-0.4, -0.2) is 38.1 Å². The molecule has 0 aliphatic heterocycles. The van der Waals surface area contributed by atoms with Crippen LogP contribution in [0.15, 0.2) is 24.3 Å². The molecule has 3 amide bonds. The van der Waals surface area contributed by atoms with Crippen LogP contribution in [0.25, 0.3) is 0 Å². The summed E-state index contributed by atoms with van der Waals surface area (Å²) in [5.41, 5.74) is 6.07. The largest absolute Gasteiger partial charge is 0.360 e. The Morgan fingerprint density at radius 3 is 2.71 bits per heavy atom. The van der Waals surface area contributed by atoms with Gasteiger partial charge in [-0.2, -0.15) is 0 Å². The zero-order valence-electron chi connectivity index (χ0n) is 12.2. The van der Waals surface area contributed by atoms with Gasteiger partial charge in [0.15, 0.2) is 0 Å². The molecule has 0 fully saturated rings. The lowest BCUT2D eigenvalue weighted by atomic mass is 10.2. The lowest BCUT2D eigenvalue weighted by Crippen LogP contribution is -2.49. The number of nitrogens with zero attached hydrogens (tertiary/aromatic N) is 1. The Morgan fingerprint density at radius 2 is 2.14 bits per heavy atom. The Labute approximate surface area is 123 Å². The Bertz CT molecular complexity index is 496. The van der Waals surface area contributed by atoms with Gasteiger partial charge in [0.05, 0.1) is 0 Å². The van der Waals surface area contributed by atoms with Gasteiger partial charge in [-0.05, 0) is 38.1 Å². The molecule has 7 heteroatoms. The fourth-order valence-corrected chi connectivity index (χ4v) is 1.88. The summed E-state index contributed by atoms with van der Waals surface area (Å²) in [7, 11) is 1.42. The van der Waals surface area contributed by atoms with Crippen molar-refractivity contribution in [3.05, 3.63) is 30.1 Å². The number of halogens is 1. The van der Waals surface area contributed by atoms with Crippen molar-refractivity contribution >= 4 is 17.6 Å². The molecule has 0 radical (unpaired) electrons. The number of urea groups is 1. The van der Waals surface area contributed by atoms with E-state index in [2.05, 4.69) is 10.6 Å². The van der Waals surface area contributed by atoms with E-state index in [9.17, 15) is 14.0 Å². The third-order valence-corrected chi connectivity index (χ3v) is 3.05. The highest BCUT2D eigenvalue weighted by Crippen LogP contribution is 2.18. The van der Waals surface area contributed by atoms with E-state index in [-0.39, 0.29) is 5.82 Å². The van der Waals surface area contributed by atoms with Crippen molar-refractivity contribution in [2.45, 2.75) is 19.4 Å². The van der Waals surface area contributed by atoms with Gasteiger partial charge in [0.1, 0.15) is 11.9 Å². The predicted octanol–water partition coefficient (Wildman–Crippen LogP) is 0.825. The summed E-state index contributed by atoms with van der Waals surface area (Å²) in [4.78, 5) is 25.0. The Hall–Kier alpha value is -2.15. The highest BCUT2D eigenvalue weighted by atomic mass is 19.1. The van der Waals surface area contributed by atoms with E-state index in [0.717, 1.165) is 0 Å². The van der Waals surface area contributed by atoms with Gasteiger partial charge in [0, 0.05) is 19.3 Å². The van der Waals surface area contributed by atoms with E-state index in [1.54, 1.807) is 24.0 Å². The fraction of sp³-hybridized carbons (Fsp3) is 0.429. The first-order valence-corrected chi connectivity index (χ1v) is 6.74. The van der Waals surface area contributed by atoms with Gasteiger partial charge in [-0.3, -0.25) is 10.1 Å².